The second kappa shape index (κ2) is 16.5. The van der Waals surface area contributed by atoms with Crippen molar-refractivity contribution in [1.82, 2.24) is 14.0 Å². The van der Waals surface area contributed by atoms with Crippen molar-refractivity contribution in [3.8, 4) is 0 Å². The second-order valence-electron chi connectivity index (χ2n) is 11.1. The maximum atomic E-state index is 13.7. The molecule has 10 nitrogen and oxygen atoms in total. The molecule has 0 radical (unpaired) electrons. The van der Waals surface area contributed by atoms with Crippen molar-refractivity contribution in [3.63, 3.8) is 0 Å². The van der Waals surface area contributed by atoms with Gasteiger partial charge in [0.05, 0.1) is 39.1 Å². The van der Waals surface area contributed by atoms with Crippen LogP contribution in [0, 0.1) is 6.92 Å². The molecule has 0 fully saturated rings. The van der Waals surface area contributed by atoms with Gasteiger partial charge in [-0.3, -0.25) is 4.79 Å². The summed E-state index contributed by atoms with van der Waals surface area (Å²) < 4.78 is 63.4. The molecule has 0 spiro atoms. The topological polar surface area (TPSA) is 129 Å². The molecule has 260 valence electrons. The van der Waals surface area contributed by atoms with Gasteiger partial charge in [-0.1, -0.05) is 93.2 Å². The molecule has 15 heteroatoms. The van der Waals surface area contributed by atoms with E-state index < -0.39 is 32.5 Å². The highest BCUT2D eigenvalue weighted by atomic mass is 79.9. The standard InChI is InChI=1S/C35H31BrCl2N4O6S2/c1-25-7-14-31(15-8-25)49(44,45)41(22-27-9-18-33(37)34(38)19-27)23-30-13-12-29(48-30)20-39-40-35(43)24-42(21-26-5-3-2-4-6-26)50(46,47)32-16-10-28(36)11-17-32/h2-20H,21-24H2,1H3,(H,40,43)/b39-20-. The molecule has 0 aliphatic rings. The van der Waals surface area contributed by atoms with Gasteiger partial charge in [0.2, 0.25) is 20.0 Å². The highest BCUT2D eigenvalue weighted by Gasteiger charge is 2.28. The van der Waals surface area contributed by atoms with Crippen LogP contribution in [0.1, 0.15) is 28.2 Å². The van der Waals surface area contributed by atoms with Gasteiger partial charge in [0, 0.05) is 17.6 Å². The van der Waals surface area contributed by atoms with E-state index in [9.17, 15) is 21.6 Å². The van der Waals surface area contributed by atoms with Crippen molar-refractivity contribution >= 4 is 71.3 Å². The number of hydrogen-bond donors (Lipinski definition) is 1. The fourth-order valence-corrected chi connectivity index (χ4v) is 8.15. The number of rotatable bonds is 14. The SMILES string of the molecule is Cc1ccc(S(=O)(=O)N(Cc2ccc(Cl)c(Cl)c2)Cc2ccc(/C=N\NC(=O)CN(Cc3ccccc3)S(=O)(=O)c3ccc(Br)cc3)o2)cc1. The zero-order valence-corrected chi connectivity index (χ0v) is 31.3. The summed E-state index contributed by atoms with van der Waals surface area (Å²) in [6.07, 6.45) is 1.24. The fourth-order valence-electron chi connectivity index (χ4n) is 4.78. The number of amides is 1. The van der Waals surface area contributed by atoms with Gasteiger partial charge in [-0.2, -0.15) is 13.7 Å². The van der Waals surface area contributed by atoms with E-state index in [4.69, 9.17) is 27.6 Å². The Bertz CT molecular complexity index is 2200. The number of hydrogen-bond acceptors (Lipinski definition) is 7. The summed E-state index contributed by atoms with van der Waals surface area (Å²) in [6.45, 7) is 1.18. The molecule has 4 aromatic carbocycles. The number of hydrazone groups is 1. The Morgan fingerprint density at radius 1 is 0.760 bits per heavy atom. The Balaban J connectivity index is 1.29. The molecule has 50 heavy (non-hydrogen) atoms. The van der Waals surface area contributed by atoms with Crippen molar-refractivity contribution in [3.05, 3.63) is 152 Å². The first-order chi connectivity index (χ1) is 23.8. The van der Waals surface area contributed by atoms with Crippen LogP contribution in [0.25, 0.3) is 0 Å². The third-order valence-corrected chi connectivity index (χ3v) is 12.3. The van der Waals surface area contributed by atoms with Crippen LogP contribution in [0.2, 0.25) is 10.0 Å². The Kier molecular flexibility index (Phi) is 12.3. The predicted octanol–water partition coefficient (Wildman–Crippen LogP) is 7.39. The third kappa shape index (κ3) is 9.69. The summed E-state index contributed by atoms with van der Waals surface area (Å²) >= 11 is 15.6. The highest BCUT2D eigenvalue weighted by Crippen LogP contribution is 2.27. The number of halogens is 3. The molecule has 0 saturated carbocycles. The summed E-state index contributed by atoms with van der Waals surface area (Å²) in [6, 6.07) is 29.7. The van der Waals surface area contributed by atoms with E-state index in [0.717, 1.165) is 9.87 Å². The maximum absolute atomic E-state index is 13.7. The molecule has 1 aromatic heterocycles. The minimum Gasteiger partial charge on any atom is -0.459 e. The molecule has 1 amide bonds. The van der Waals surface area contributed by atoms with E-state index in [-0.39, 0.29) is 35.2 Å². The van der Waals surface area contributed by atoms with Gasteiger partial charge in [-0.05, 0) is 78.7 Å². The normalized spacial score (nSPS) is 12.2. The first kappa shape index (κ1) is 37.4. The van der Waals surface area contributed by atoms with E-state index in [2.05, 4.69) is 26.5 Å². The predicted molar refractivity (Wildman–Crippen MR) is 197 cm³/mol. The average Bonchev–Trinajstić information content (AvgIpc) is 3.53. The lowest BCUT2D eigenvalue weighted by atomic mass is 10.2. The van der Waals surface area contributed by atoms with Crippen LogP contribution in [-0.2, 0) is 44.5 Å². The Morgan fingerprint density at radius 2 is 1.38 bits per heavy atom. The van der Waals surface area contributed by atoms with E-state index in [1.807, 2.05) is 13.0 Å². The molecule has 1 heterocycles. The highest BCUT2D eigenvalue weighted by molar-refractivity contribution is 9.10. The third-order valence-electron chi connectivity index (χ3n) is 7.37. The number of nitrogens with one attached hydrogen (secondary N) is 1. The largest absolute Gasteiger partial charge is 0.459 e. The molecule has 0 unspecified atom stereocenters. The number of aryl methyl sites for hydroxylation is 1. The van der Waals surface area contributed by atoms with E-state index in [0.29, 0.717) is 31.4 Å². The molecular formula is C35H31BrCl2N4O6S2. The number of benzene rings is 4. The van der Waals surface area contributed by atoms with Crippen LogP contribution in [-0.4, -0.2) is 44.1 Å². The van der Waals surface area contributed by atoms with Gasteiger partial charge in [-0.25, -0.2) is 22.3 Å². The lowest BCUT2D eigenvalue weighted by Crippen LogP contribution is -2.39. The molecule has 0 bridgehead atoms. The van der Waals surface area contributed by atoms with Crippen molar-refractivity contribution in [2.45, 2.75) is 36.3 Å². The average molecular weight is 819 g/mol. The molecular weight excluding hydrogens is 787 g/mol. The fraction of sp³-hybridized carbons (Fsp3) is 0.143. The number of sulfonamides is 2. The lowest BCUT2D eigenvalue weighted by molar-refractivity contribution is -0.121. The summed E-state index contributed by atoms with van der Waals surface area (Å²) in [5.41, 5.74) is 4.58. The van der Waals surface area contributed by atoms with Crippen LogP contribution < -0.4 is 5.43 Å². The molecule has 0 aliphatic heterocycles. The number of carbonyl (C=O) groups excluding carboxylic acids is 1. The number of carbonyl (C=O) groups is 1. The number of nitrogens with zero attached hydrogens (tertiary/aromatic N) is 3. The first-order valence-electron chi connectivity index (χ1n) is 15.0. The van der Waals surface area contributed by atoms with Gasteiger partial charge in [0.1, 0.15) is 11.5 Å². The van der Waals surface area contributed by atoms with Crippen LogP contribution in [0.5, 0.6) is 0 Å². The molecule has 0 aliphatic carbocycles. The van der Waals surface area contributed by atoms with Crippen LogP contribution >= 0.6 is 39.1 Å². The van der Waals surface area contributed by atoms with Gasteiger partial charge in [-0.15, -0.1) is 0 Å². The Labute approximate surface area is 309 Å². The summed E-state index contributed by atoms with van der Waals surface area (Å²) in [4.78, 5) is 13.1. The van der Waals surface area contributed by atoms with Crippen molar-refractivity contribution in [1.29, 1.82) is 0 Å². The molecule has 0 saturated heterocycles. The molecule has 1 N–H and O–H groups in total. The minimum atomic E-state index is -4.04. The van der Waals surface area contributed by atoms with Gasteiger partial charge >= 0.3 is 0 Å². The Hall–Kier alpha value is -3.82. The van der Waals surface area contributed by atoms with E-state index >= 15 is 0 Å². The van der Waals surface area contributed by atoms with E-state index in [1.165, 1.54) is 22.7 Å². The molecule has 5 aromatic rings. The van der Waals surface area contributed by atoms with Gasteiger partial charge < -0.3 is 4.42 Å². The van der Waals surface area contributed by atoms with Crippen LogP contribution in [0.3, 0.4) is 0 Å². The minimum absolute atomic E-state index is 0.0179. The summed E-state index contributed by atoms with van der Waals surface area (Å²) in [5.74, 6) is -0.143. The number of furan rings is 1. The quantitative estimate of drug-likeness (QED) is 0.0920. The smallest absolute Gasteiger partial charge is 0.255 e. The Morgan fingerprint density at radius 3 is 2.04 bits per heavy atom. The zero-order valence-electron chi connectivity index (χ0n) is 26.5. The lowest BCUT2D eigenvalue weighted by Gasteiger charge is -2.22. The van der Waals surface area contributed by atoms with E-state index in [1.54, 1.807) is 91.0 Å². The second-order valence-corrected chi connectivity index (χ2v) is 16.8. The first-order valence-corrected chi connectivity index (χ1v) is 19.5. The monoisotopic (exact) mass is 816 g/mol. The van der Waals surface area contributed by atoms with Gasteiger partial charge in [0.25, 0.3) is 5.91 Å². The molecule has 0 atom stereocenters. The summed E-state index contributed by atoms with van der Waals surface area (Å²) in [7, 11) is -8.02. The van der Waals surface area contributed by atoms with Crippen molar-refractivity contribution in [2.24, 2.45) is 5.10 Å². The van der Waals surface area contributed by atoms with Crippen LogP contribution in [0.15, 0.2) is 133 Å². The molecule has 5 rings (SSSR count). The van der Waals surface area contributed by atoms with Crippen molar-refractivity contribution < 1.29 is 26.0 Å². The van der Waals surface area contributed by atoms with Crippen molar-refractivity contribution in [2.75, 3.05) is 6.54 Å². The zero-order chi connectivity index (χ0) is 35.9. The maximum Gasteiger partial charge on any atom is 0.255 e. The van der Waals surface area contributed by atoms with Crippen LogP contribution in [0.4, 0.5) is 0 Å². The summed E-state index contributed by atoms with van der Waals surface area (Å²) in [5, 5.41) is 4.59. The van der Waals surface area contributed by atoms with Gasteiger partial charge in [0.15, 0.2) is 0 Å².